The van der Waals surface area contributed by atoms with Crippen LogP contribution >= 0.6 is 0 Å². The fourth-order valence-corrected chi connectivity index (χ4v) is 3.27. The second-order valence-electron chi connectivity index (χ2n) is 6.68. The third-order valence-corrected chi connectivity index (χ3v) is 4.81. The van der Waals surface area contributed by atoms with Crippen molar-refractivity contribution in [3.63, 3.8) is 0 Å². The molecule has 0 aliphatic carbocycles. The number of aliphatic hydroxyl groups is 1. The summed E-state index contributed by atoms with van der Waals surface area (Å²) in [5, 5.41) is 12.6. The minimum absolute atomic E-state index is 0.321. The molecular weight excluding hydrogens is 316 g/mol. The van der Waals surface area contributed by atoms with Crippen molar-refractivity contribution in [3.05, 3.63) is 53.5 Å². The van der Waals surface area contributed by atoms with E-state index in [2.05, 4.69) is 34.5 Å². The first-order chi connectivity index (χ1) is 12.3. The van der Waals surface area contributed by atoms with E-state index in [4.69, 9.17) is 9.15 Å². The van der Waals surface area contributed by atoms with Crippen molar-refractivity contribution in [2.24, 2.45) is 5.92 Å². The van der Waals surface area contributed by atoms with E-state index in [1.165, 1.54) is 11.3 Å². The van der Waals surface area contributed by atoms with Crippen LogP contribution in [0.5, 0.6) is 0 Å². The Bertz CT molecular complexity index is 631. The summed E-state index contributed by atoms with van der Waals surface area (Å²) < 4.78 is 10.7. The lowest BCUT2D eigenvalue weighted by Crippen LogP contribution is -2.34. The summed E-state index contributed by atoms with van der Waals surface area (Å²) in [5.41, 5.74) is 2.54. The maximum absolute atomic E-state index is 9.24. The SMILES string of the molecule is COCc1ccc(CNCc2ccc(N3CCC(CO)CC3)cc2)o1. The lowest BCUT2D eigenvalue weighted by Gasteiger charge is -2.33. The molecule has 2 aromatic rings. The van der Waals surface area contributed by atoms with Gasteiger partial charge in [0, 0.05) is 39.0 Å². The lowest BCUT2D eigenvalue weighted by molar-refractivity contribution is 0.162. The Morgan fingerprint density at radius 2 is 1.80 bits per heavy atom. The second kappa shape index (κ2) is 9.04. The molecule has 3 rings (SSSR count). The summed E-state index contributed by atoms with van der Waals surface area (Å²) in [7, 11) is 1.67. The van der Waals surface area contributed by atoms with Crippen LogP contribution in [0.2, 0.25) is 0 Å². The lowest BCUT2D eigenvalue weighted by atomic mass is 9.97. The third-order valence-electron chi connectivity index (χ3n) is 4.81. The molecule has 0 bridgehead atoms. The summed E-state index contributed by atoms with van der Waals surface area (Å²) in [6, 6.07) is 12.7. The van der Waals surface area contributed by atoms with E-state index < -0.39 is 0 Å². The highest BCUT2D eigenvalue weighted by Crippen LogP contribution is 2.23. The van der Waals surface area contributed by atoms with Crippen LogP contribution in [0.1, 0.15) is 29.9 Å². The van der Waals surface area contributed by atoms with Gasteiger partial charge in [0.15, 0.2) is 0 Å². The molecule has 0 unspecified atom stereocenters. The summed E-state index contributed by atoms with van der Waals surface area (Å²) in [6.45, 7) is 4.42. The zero-order valence-electron chi connectivity index (χ0n) is 14.9. The Kier molecular flexibility index (Phi) is 6.50. The van der Waals surface area contributed by atoms with Crippen molar-refractivity contribution in [2.45, 2.75) is 32.5 Å². The number of rotatable bonds is 8. The predicted octanol–water partition coefficient (Wildman–Crippen LogP) is 2.92. The first kappa shape index (κ1) is 18.0. The maximum atomic E-state index is 9.24. The van der Waals surface area contributed by atoms with Gasteiger partial charge in [-0.25, -0.2) is 0 Å². The molecule has 1 saturated heterocycles. The number of benzene rings is 1. The van der Waals surface area contributed by atoms with Gasteiger partial charge in [0.05, 0.1) is 6.54 Å². The average molecular weight is 344 g/mol. The number of methoxy groups -OCH3 is 1. The number of ether oxygens (including phenoxy) is 1. The van der Waals surface area contributed by atoms with Gasteiger partial charge in [-0.3, -0.25) is 0 Å². The van der Waals surface area contributed by atoms with Gasteiger partial charge in [-0.05, 0) is 48.6 Å². The minimum Gasteiger partial charge on any atom is -0.462 e. The Hall–Kier alpha value is -1.82. The Morgan fingerprint density at radius 1 is 1.08 bits per heavy atom. The molecule has 0 atom stereocenters. The Labute approximate surface area is 149 Å². The van der Waals surface area contributed by atoms with Crippen LogP contribution < -0.4 is 10.2 Å². The smallest absolute Gasteiger partial charge is 0.129 e. The summed E-state index contributed by atoms with van der Waals surface area (Å²) in [6.07, 6.45) is 2.15. The molecule has 0 amide bonds. The van der Waals surface area contributed by atoms with Crippen LogP contribution in [0, 0.1) is 5.92 Å². The fourth-order valence-electron chi connectivity index (χ4n) is 3.27. The molecule has 1 aromatic heterocycles. The minimum atomic E-state index is 0.321. The van der Waals surface area contributed by atoms with Crippen LogP contribution in [0.3, 0.4) is 0 Å². The van der Waals surface area contributed by atoms with Gasteiger partial charge in [-0.15, -0.1) is 0 Å². The quantitative estimate of drug-likeness (QED) is 0.771. The number of piperidine rings is 1. The van der Waals surface area contributed by atoms with Gasteiger partial charge in [-0.1, -0.05) is 12.1 Å². The molecule has 0 spiro atoms. The zero-order valence-corrected chi connectivity index (χ0v) is 14.9. The summed E-state index contributed by atoms with van der Waals surface area (Å²) >= 11 is 0. The van der Waals surface area contributed by atoms with E-state index in [1.807, 2.05) is 12.1 Å². The molecule has 25 heavy (non-hydrogen) atoms. The van der Waals surface area contributed by atoms with E-state index in [-0.39, 0.29) is 0 Å². The van der Waals surface area contributed by atoms with Crippen molar-refractivity contribution in [3.8, 4) is 0 Å². The number of hydrogen-bond acceptors (Lipinski definition) is 5. The molecule has 2 N–H and O–H groups in total. The van der Waals surface area contributed by atoms with E-state index in [0.29, 0.717) is 25.7 Å². The molecule has 5 nitrogen and oxygen atoms in total. The van der Waals surface area contributed by atoms with Crippen molar-refractivity contribution >= 4 is 5.69 Å². The highest BCUT2D eigenvalue weighted by Gasteiger charge is 2.18. The van der Waals surface area contributed by atoms with Gasteiger partial charge in [-0.2, -0.15) is 0 Å². The Balaban J connectivity index is 1.44. The normalized spacial score (nSPS) is 15.7. The molecule has 1 aromatic carbocycles. The van der Waals surface area contributed by atoms with Gasteiger partial charge < -0.3 is 24.5 Å². The van der Waals surface area contributed by atoms with E-state index in [1.54, 1.807) is 7.11 Å². The number of aliphatic hydroxyl groups excluding tert-OH is 1. The molecule has 1 fully saturated rings. The first-order valence-corrected chi connectivity index (χ1v) is 9.00. The van der Waals surface area contributed by atoms with Crippen molar-refractivity contribution in [1.82, 2.24) is 5.32 Å². The van der Waals surface area contributed by atoms with E-state index in [9.17, 15) is 5.11 Å². The standard InChI is InChI=1S/C20H28N2O3/c1-24-15-20-7-6-19(25-20)13-21-12-16-2-4-18(5-3-16)22-10-8-17(14-23)9-11-22/h2-7,17,21,23H,8-15H2,1H3. The van der Waals surface area contributed by atoms with Crippen molar-refractivity contribution in [2.75, 3.05) is 31.7 Å². The fraction of sp³-hybridized carbons (Fsp3) is 0.500. The van der Waals surface area contributed by atoms with Gasteiger partial charge in [0.25, 0.3) is 0 Å². The van der Waals surface area contributed by atoms with E-state index >= 15 is 0 Å². The summed E-state index contributed by atoms with van der Waals surface area (Å²) in [5.74, 6) is 2.26. The van der Waals surface area contributed by atoms with Crippen LogP contribution in [-0.2, 0) is 24.4 Å². The molecule has 2 heterocycles. The van der Waals surface area contributed by atoms with Gasteiger partial charge in [0.2, 0.25) is 0 Å². The van der Waals surface area contributed by atoms with Gasteiger partial charge >= 0.3 is 0 Å². The van der Waals surface area contributed by atoms with Crippen LogP contribution in [0.25, 0.3) is 0 Å². The molecule has 136 valence electrons. The number of anilines is 1. The molecule has 1 aliphatic heterocycles. The third kappa shape index (κ3) is 5.08. The highest BCUT2D eigenvalue weighted by molar-refractivity contribution is 5.48. The molecular formula is C20H28N2O3. The second-order valence-corrected chi connectivity index (χ2v) is 6.68. The maximum Gasteiger partial charge on any atom is 0.129 e. The van der Waals surface area contributed by atoms with Crippen molar-refractivity contribution < 1.29 is 14.3 Å². The number of hydrogen-bond donors (Lipinski definition) is 2. The Morgan fingerprint density at radius 3 is 2.48 bits per heavy atom. The largest absolute Gasteiger partial charge is 0.462 e. The predicted molar refractivity (Wildman–Crippen MR) is 98.4 cm³/mol. The molecule has 0 saturated carbocycles. The summed E-state index contributed by atoms with van der Waals surface area (Å²) in [4.78, 5) is 2.41. The molecule has 0 radical (unpaired) electrons. The topological polar surface area (TPSA) is 57.9 Å². The molecule has 1 aliphatic rings. The first-order valence-electron chi connectivity index (χ1n) is 9.00. The van der Waals surface area contributed by atoms with Crippen molar-refractivity contribution in [1.29, 1.82) is 0 Å². The average Bonchev–Trinajstić information content (AvgIpc) is 3.10. The molecule has 5 heteroatoms. The van der Waals surface area contributed by atoms with Crippen LogP contribution in [-0.4, -0.2) is 31.9 Å². The van der Waals surface area contributed by atoms with Gasteiger partial charge in [0.1, 0.15) is 18.1 Å². The number of furan rings is 1. The highest BCUT2D eigenvalue weighted by atomic mass is 16.5. The monoisotopic (exact) mass is 344 g/mol. The number of nitrogens with one attached hydrogen (secondary N) is 1. The zero-order chi connectivity index (χ0) is 17.5. The van der Waals surface area contributed by atoms with Crippen LogP contribution in [0.15, 0.2) is 40.8 Å². The van der Waals surface area contributed by atoms with Crippen LogP contribution in [0.4, 0.5) is 5.69 Å². The van der Waals surface area contributed by atoms with E-state index in [0.717, 1.165) is 44.0 Å². The number of nitrogens with zero attached hydrogens (tertiary/aromatic N) is 1.